The maximum absolute atomic E-state index is 13.6. The quantitative estimate of drug-likeness (QED) is 0.169. The largest absolute Gasteiger partial charge is 0.335 e. The van der Waals surface area contributed by atoms with Crippen LogP contribution >= 0.6 is 23.5 Å². The van der Waals surface area contributed by atoms with Gasteiger partial charge in [-0.05, 0) is 118 Å². The molecule has 0 aromatic heterocycles. The second kappa shape index (κ2) is 16.3. The molecule has 2 aliphatic heterocycles. The van der Waals surface area contributed by atoms with Crippen LogP contribution in [0.2, 0.25) is 0 Å². The molecule has 6 heteroatoms. The Morgan fingerprint density at radius 2 is 1.00 bits per heavy atom. The van der Waals surface area contributed by atoms with Gasteiger partial charge < -0.3 is 9.80 Å². The molecule has 0 atom stereocenters. The standard InChI is InChI=1S/C50H44N2O2S2/c1-5-29-51-41-17-7-9-19-45(41)55-49(51)33(3)13-11-15-35-21-25-39-37(31-35)23-27-43(53)47(39)48-40-26-22-36(32-38(40)24-28-44(48)54)16-12-14-34(4)50-52(30-6-2)42-18-8-10-20-46(42)56-50/h7-28,31-32H,5-6,29-30H2,1-4H3. The number of nitrogens with zero attached hydrogens (tertiary/aromatic N) is 2. The summed E-state index contributed by atoms with van der Waals surface area (Å²) in [5.41, 5.74) is 7.74. The SMILES string of the molecule is CCCN1C(=C(C)C=CC=c2ccc3c(c2)C=CC(=O)C=3C2=c3ccc(=CC=CC(C)=C4Sc5ccccc5N4CCC)cc3C=CC2=O)Sc2ccccc21. The maximum atomic E-state index is 13.6. The molecule has 4 aliphatic rings. The van der Waals surface area contributed by atoms with Gasteiger partial charge in [0.05, 0.1) is 21.4 Å². The number of thioether (sulfide) groups is 2. The van der Waals surface area contributed by atoms with Crippen molar-refractivity contribution >= 4 is 81.9 Å². The molecule has 2 aliphatic carbocycles. The van der Waals surface area contributed by atoms with Gasteiger partial charge in [0.25, 0.3) is 0 Å². The van der Waals surface area contributed by atoms with Crippen molar-refractivity contribution in [2.45, 2.75) is 50.3 Å². The molecular weight excluding hydrogens is 725 g/mol. The molecular formula is C50H44N2O2S2. The van der Waals surface area contributed by atoms with Crippen LogP contribution in [0.15, 0.2) is 152 Å². The van der Waals surface area contributed by atoms with Crippen molar-refractivity contribution in [3.05, 3.63) is 175 Å². The number of hydrogen-bond acceptors (Lipinski definition) is 6. The summed E-state index contributed by atoms with van der Waals surface area (Å²) in [6.45, 7) is 10.7. The number of hydrogen-bond donors (Lipinski definition) is 0. The maximum Gasteiger partial charge on any atom is 0.187 e. The molecule has 0 fully saturated rings. The summed E-state index contributed by atoms with van der Waals surface area (Å²) in [6.07, 6.45) is 21.8. The molecule has 4 aromatic carbocycles. The van der Waals surface area contributed by atoms with Gasteiger partial charge in [0.1, 0.15) is 0 Å². The molecule has 0 bridgehead atoms. The number of allylic oxidation sites excluding steroid dienone is 8. The average Bonchev–Trinajstić information content (AvgIpc) is 3.77. The first kappa shape index (κ1) is 37.4. The Morgan fingerprint density at radius 1 is 0.571 bits per heavy atom. The molecule has 0 saturated carbocycles. The van der Waals surface area contributed by atoms with Crippen LogP contribution in [0.4, 0.5) is 11.4 Å². The molecule has 0 amide bonds. The number of fused-ring (bicyclic) bond motifs is 4. The summed E-state index contributed by atoms with van der Waals surface area (Å²) in [4.78, 5) is 34.6. The van der Waals surface area contributed by atoms with Gasteiger partial charge >= 0.3 is 0 Å². The lowest BCUT2D eigenvalue weighted by Gasteiger charge is -2.20. The van der Waals surface area contributed by atoms with Gasteiger partial charge in [-0.3, -0.25) is 9.59 Å². The van der Waals surface area contributed by atoms with E-state index in [0.717, 1.165) is 57.9 Å². The third-order valence-corrected chi connectivity index (χ3v) is 12.9. The van der Waals surface area contributed by atoms with Crippen LogP contribution < -0.4 is 30.7 Å². The Kier molecular flexibility index (Phi) is 10.9. The number of para-hydroxylation sites is 2. The van der Waals surface area contributed by atoms with Crippen molar-refractivity contribution in [3.8, 4) is 0 Å². The highest BCUT2D eigenvalue weighted by atomic mass is 32.2. The zero-order chi connectivity index (χ0) is 38.8. The Bertz CT molecular complexity index is 2560. The first-order chi connectivity index (χ1) is 27.3. The minimum Gasteiger partial charge on any atom is -0.335 e. The predicted molar refractivity (Wildman–Crippen MR) is 239 cm³/mol. The van der Waals surface area contributed by atoms with E-state index in [0.29, 0.717) is 11.1 Å². The summed E-state index contributed by atoms with van der Waals surface area (Å²) >= 11 is 3.66. The Morgan fingerprint density at radius 3 is 1.43 bits per heavy atom. The number of benzene rings is 4. The molecule has 278 valence electrons. The van der Waals surface area contributed by atoms with Crippen molar-refractivity contribution < 1.29 is 9.59 Å². The van der Waals surface area contributed by atoms with E-state index in [1.54, 1.807) is 12.2 Å². The van der Waals surface area contributed by atoms with Crippen LogP contribution in [0, 0.1) is 0 Å². The zero-order valence-electron chi connectivity index (χ0n) is 32.2. The fourth-order valence-electron chi connectivity index (χ4n) is 7.68. The van der Waals surface area contributed by atoms with Gasteiger partial charge in [0, 0.05) is 34.0 Å². The van der Waals surface area contributed by atoms with Crippen LogP contribution in [0.25, 0.3) is 35.5 Å². The predicted octanol–water partition coefficient (Wildman–Crippen LogP) is 9.06. The van der Waals surface area contributed by atoms with Gasteiger partial charge in [-0.15, -0.1) is 0 Å². The molecule has 0 unspecified atom stereocenters. The minimum atomic E-state index is -0.154. The number of carbonyl (C=O) groups is 2. The highest BCUT2D eigenvalue weighted by Gasteiger charge is 2.27. The molecule has 4 nitrogen and oxygen atoms in total. The summed E-state index contributed by atoms with van der Waals surface area (Å²) in [7, 11) is 0. The number of rotatable bonds is 9. The van der Waals surface area contributed by atoms with E-state index in [1.807, 2.05) is 59.9 Å². The first-order valence-corrected chi connectivity index (χ1v) is 21.0. The second-order valence-corrected chi connectivity index (χ2v) is 16.4. The van der Waals surface area contributed by atoms with Crippen LogP contribution in [-0.2, 0) is 9.59 Å². The molecule has 8 rings (SSSR count). The average molecular weight is 769 g/mol. The summed E-state index contributed by atoms with van der Waals surface area (Å²) in [5.74, 6) is -0.308. The van der Waals surface area contributed by atoms with Crippen molar-refractivity contribution in [3.63, 3.8) is 0 Å². The number of ketones is 2. The number of carbonyl (C=O) groups excluding carboxylic acids is 2. The van der Waals surface area contributed by atoms with Crippen molar-refractivity contribution in [2.75, 3.05) is 22.9 Å². The van der Waals surface area contributed by atoms with E-state index < -0.39 is 0 Å². The molecule has 4 aromatic rings. The first-order valence-electron chi connectivity index (χ1n) is 19.4. The van der Waals surface area contributed by atoms with Gasteiger partial charge in [-0.1, -0.05) is 135 Å². The minimum absolute atomic E-state index is 0.154. The highest BCUT2D eigenvalue weighted by molar-refractivity contribution is 8.04. The lowest BCUT2D eigenvalue weighted by atomic mass is 9.85. The van der Waals surface area contributed by atoms with Gasteiger partial charge in [0.2, 0.25) is 0 Å². The van der Waals surface area contributed by atoms with Crippen molar-refractivity contribution in [1.29, 1.82) is 0 Å². The van der Waals surface area contributed by atoms with Gasteiger partial charge in [-0.25, -0.2) is 0 Å². The van der Waals surface area contributed by atoms with E-state index in [9.17, 15) is 9.59 Å². The normalized spacial score (nSPS) is 18.4. The van der Waals surface area contributed by atoms with Gasteiger partial charge in [-0.2, -0.15) is 0 Å². The summed E-state index contributed by atoms with van der Waals surface area (Å²) in [6, 6.07) is 29.4. The third-order valence-electron chi connectivity index (χ3n) is 10.3. The molecule has 0 saturated heterocycles. The van der Waals surface area contributed by atoms with E-state index in [-0.39, 0.29) is 11.6 Å². The second-order valence-electron chi connectivity index (χ2n) is 14.3. The smallest absolute Gasteiger partial charge is 0.187 e. The molecule has 0 radical (unpaired) electrons. The highest BCUT2D eigenvalue weighted by Crippen LogP contribution is 2.48. The number of anilines is 2. The molecule has 56 heavy (non-hydrogen) atoms. The lowest BCUT2D eigenvalue weighted by Crippen LogP contribution is -2.30. The van der Waals surface area contributed by atoms with Crippen molar-refractivity contribution in [1.82, 2.24) is 0 Å². The fraction of sp³-hybridized carbons (Fsp3) is 0.160. The van der Waals surface area contributed by atoms with E-state index in [1.165, 1.54) is 42.4 Å². The monoisotopic (exact) mass is 768 g/mol. The van der Waals surface area contributed by atoms with Crippen LogP contribution in [0.3, 0.4) is 0 Å². The fourth-order valence-corrected chi connectivity index (χ4v) is 10.0. The van der Waals surface area contributed by atoms with E-state index in [2.05, 4.69) is 135 Å². The zero-order valence-corrected chi connectivity index (χ0v) is 33.8. The third kappa shape index (κ3) is 7.27. The molecule has 2 heterocycles. The molecule has 0 N–H and O–H groups in total. The Balaban J connectivity index is 1.10. The molecule has 0 spiro atoms. The summed E-state index contributed by atoms with van der Waals surface area (Å²) in [5, 5.41) is 6.15. The van der Waals surface area contributed by atoms with Crippen molar-refractivity contribution in [2.24, 2.45) is 0 Å². The van der Waals surface area contributed by atoms with Crippen LogP contribution in [0.1, 0.15) is 51.7 Å². The lowest BCUT2D eigenvalue weighted by molar-refractivity contribution is -0.111. The topological polar surface area (TPSA) is 40.6 Å². The Hall–Kier alpha value is -5.56. The van der Waals surface area contributed by atoms with E-state index >= 15 is 0 Å². The summed E-state index contributed by atoms with van der Waals surface area (Å²) < 4.78 is 0. The van der Waals surface area contributed by atoms with Gasteiger partial charge in [0.15, 0.2) is 11.6 Å². The Labute approximate surface area is 337 Å². The van der Waals surface area contributed by atoms with Crippen LogP contribution in [0.5, 0.6) is 0 Å². The van der Waals surface area contributed by atoms with E-state index in [4.69, 9.17) is 0 Å². The van der Waals surface area contributed by atoms with Crippen LogP contribution in [-0.4, -0.2) is 24.7 Å².